The van der Waals surface area contributed by atoms with Crippen molar-refractivity contribution in [1.82, 2.24) is 29.7 Å². The van der Waals surface area contributed by atoms with Gasteiger partial charge in [0.1, 0.15) is 0 Å². The summed E-state index contributed by atoms with van der Waals surface area (Å²) in [5.41, 5.74) is 4.10. The van der Waals surface area contributed by atoms with E-state index < -0.39 is 0 Å². The first-order chi connectivity index (χ1) is 13.7. The first kappa shape index (κ1) is 17.1. The standard InChI is InChI=1S/C18H16N8S2/c19-25-15-11-6-3-7-12(8-11)16-22-24-18(26(16)20)28-10-14-5-2-1-4-13(14)9-27-17(25)23-21-15/h1-8H,9-10,19-20H2. The third kappa shape index (κ3) is 2.90. The van der Waals surface area contributed by atoms with Gasteiger partial charge >= 0.3 is 0 Å². The third-order valence-electron chi connectivity index (χ3n) is 4.54. The van der Waals surface area contributed by atoms with Gasteiger partial charge in [-0.25, -0.2) is 9.35 Å². The van der Waals surface area contributed by atoms with Crippen molar-refractivity contribution in [2.24, 2.45) is 0 Å². The molecule has 0 aliphatic carbocycles. The van der Waals surface area contributed by atoms with Gasteiger partial charge in [0, 0.05) is 22.6 Å². The number of nitrogen functional groups attached to an aromatic ring is 2. The fourth-order valence-electron chi connectivity index (χ4n) is 3.07. The summed E-state index contributed by atoms with van der Waals surface area (Å²) in [5.74, 6) is 15.2. The Morgan fingerprint density at radius 2 is 1.18 bits per heavy atom. The Morgan fingerprint density at radius 3 is 1.68 bits per heavy atom. The van der Waals surface area contributed by atoms with Crippen LogP contribution in [0.15, 0.2) is 58.8 Å². The molecule has 0 spiro atoms. The lowest BCUT2D eigenvalue weighted by atomic mass is 10.1. The Labute approximate surface area is 169 Å². The minimum Gasteiger partial charge on any atom is -0.335 e. The molecule has 4 aromatic rings. The van der Waals surface area contributed by atoms with E-state index in [1.165, 1.54) is 20.5 Å². The molecule has 5 rings (SSSR count). The SMILES string of the molecule is Nn1c2nnc1-c1cccc(c1)-c1nnc(n1N)SCc1ccccc1CS2. The van der Waals surface area contributed by atoms with Crippen LogP contribution < -0.4 is 11.7 Å². The number of nitrogens with zero attached hydrogens (tertiary/aromatic N) is 6. The fourth-order valence-corrected chi connectivity index (χ4v) is 4.85. The molecule has 0 fully saturated rings. The van der Waals surface area contributed by atoms with E-state index in [1.54, 1.807) is 23.5 Å². The molecule has 140 valence electrons. The first-order valence-corrected chi connectivity index (χ1v) is 10.5. The normalized spacial score (nSPS) is 13.4. The summed E-state index contributed by atoms with van der Waals surface area (Å²) >= 11 is 3.13. The van der Waals surface area contributed by atoms with Crippen molar-refractivity contribution >= 4 is 23.5 Å². The Morgan fingerprint density at radius 1 is 0.679 bits per heavy atom. The van der Waals surface area contributed by atoms with Crippen molar-refractivity contribution in [2.45, 2.75) is 21.8 Å². The highest BCUT2D eigenvalue weighted by atomic mass is 32.2. The number of hydrogen-bond acceptors (Lipinski definition) is 8. The fraction of sp³-hybridized carbons (Fsp3) is 0.111. The van der Waals surface area contributed by atoms with Gasteiger partial charge in [-0.3, -0.25) is 0 Å². The lowest BCUT2D eigenvalue weighted by Gasteiger charge is -2.09. The maximum absolute atomic E-state index is 6.29. The highest BCUT2D eigenvalue weighted by Crippen LogP contribution is 2.31. The zero-order valence-electron chi connectivity index (χ0n) is 14.7. The Hall–Kier alpha value is -2.98. The molecule has 10 heteroatoms. The maximum Gasteiger partial charge on any atom is 0.210 e. The Bertz CT molecular complexity index is 1080. The third-order valence-corrected chi connectivity index (χ3v) is 6.52. The van der Waals surface area contributed by atoms with Crippen LogP contribution in [0.2, 0.25) is 0 Å². The number of nitrogens with two attached hydrogens (primary N) is 2. The number of aromatic nitrogens is 6. The zero-order chi connectivity index (χ0) is 19.1. The van der Waals surface area contributed by atoms with Crippen LogP contribution in [0.3, 0.4) is 0 Å². The minimum atomic E-state index is 0.588. The molecule has 1 aliphatic rings. The van der Waals surface area contributed by atoms with Crippen molar-refractivity contribution in [3.05, 3.63) is 59.7 Å². The van der Waals surface area contributed by atoms with Crippen LogP contribution in [-0.2, 0) is 11.5 Å². The number of fused-ring (bicyclic) bond motifs is 9. The van der Waals surface area contributed by atoms with Gasteiger partial charge in [0.2, 0.25) is 10.3 Å². The molecule has 1 aliphatic heterocycles. The van der Waals surface area contributed by atoms with E-state index in [0.29, 0.717) is 22.0 Å². The summed E-state index contributed by atoms with van der Waals surface area (Å²) in [4.78, 5) is 0. The number of thioether (sulfide) groups is 2. The summed E-state index contributed by atoms with van der Waals surface area (Å²) in [5, 5.41) is 18.5. The van der Waals surface area contributed by atoms with Crippen LogP contribution in [0.4, 0.5) is 0 Å². The summed E-state index contributed by atoms with van der Waals surface area (Å²) in [6.45, 7) is 0. The topological polar surface area (TPSA) is 113 Å². The van der Waals surface area contributed by atoms with E-state index in [-0.39, 0.29) is 0 Å². The molecule has 0 unspecified atom stereocenters. The Kier molecular flexibility index (Phi) is 4.21. The monoisotopic (exact) mass is 408 g/mol. The maximum atomic E-state index is 6.29. The van der Waals surface area contributed by atoms with Crippen molar-refractivity contribution in [2.75, 3.05) is 11.7 Å². The van der Waals surface area contributed by atoms with Gasteiger partial charge in [0.25, 0.3) is 0 Å². The van der Waals surface area contributed by atoms with Crippen LogP contribution in [0.25, 0.3) is 22.8 Å². The average molecular weight is 409 g/mol. The van der Waals surface area contributed by atoms with Gasteiger partial charge in [-0.2, -0.15) is 0 Å². The lowest BCUT2D eigenvalue weighted by molar-refractivity contribution is 0.849. The smallest absolute Gasteiger partial charge is 0.210 e. The Balaban J connectivity index is 1.67. The van der Waals surface area contributed by atoms with Crippen LogP contribution in [-0.4, -0.2) is 29.7 Å². The second kappa shape index (κ2) is 6.88. The summed E-state index contributed by atoms with van der Waals surface area (Å²) in [7, 11) is 0. The molecule has 0 atom stereocenters. The number of rotatable bonds is 0. The van der Waals surface area contributed by atoms with E-state index in [2.05, 4.69) is 32.5 Å². The van der Waals surface area contributed by atoms with Crippen LogP contribution >= 0.6 is 23.5 Å². The summed E-state index contributed by atoms with van der Waals surface area (Å²) in [6, 6.07) is 16.0. The molecular weight excluding hydrogens is 392 g/mol. The average Bonchev–Trinajstić information content (AvgIpc) is 3.27. The van der Waals surface area contributed by atoms with E-state index in [1.807, 2.05) is 36.4 Å². The van der Waals surface area contributed by atoms with E-state index >= 15 is 0 Å². The molecule has 0 saturated heterocycles. The van der Waals surface area contributed by atoms with Crippen molar-refractivity contribution < 1.29 is 0 Å². The lowest BCUT2D eigenvalue weighted by Crippen LogP contribution is -2.12. The van der Waals surface area contributed by atoms with Crippen LogP contribution in [0.5, 0.6) is 0 Å². The molecule has 4 N–H and O–H groups in total. The van der Waals surface area contributed by atoms with E-state index in [4.69, 9.17) is 11.7 Å². The van der Waals surface area contributed by atoms with E-state index in [0.717, 1.165) is 22.6 Å². The van der Waals surface area contributed by atoms with Crippen LogP contribution in [0, 0.1) is 0 Å². The summed E-state index contributed by atoms with van der Waals surface area (Å²) < 4.78 is 3.05. The number of benzene rings is 2. The van der Waals surface area contributed by atoms with Gasteiger partial charge in [0.05, 0.1) is 0 Å². The van der Waals surface area contributed by atoms with Gasteiger partial charge in [-0.1, -0.05) is 66.0 Å². The van der Waals surface area contributed by atoms with Gasteiger partial charge in [-0.15, -0.1) is 20.4 Å². The highest BCUT2D eigenvalue weighted by Gasteiger charge is 2.18. The highest BCUT2D eigenvalue weighted by molar-refractivity contribution is 7.98. The molecule has 0 saturated carbocycles. The molecule has 3 heterocycles. The first-order valence-electron chi connectivity index (χ1n) is 8.55. The molecule has 0 amide bonds. The molecule has 8 nitrogen and oxygen atoms in total. The van der Waals surface area contributed by atoms with Crippen LogP contribution in [0.1, 0.15) is 11.1 Å². The van der Waals surface area contributed by atoms with Crippen molar-refractivity contribution in [1.29, 1.82) is 0 Å². The minimum absolute atomic E-state index is 0.588. The van der Waals surface area contributed by atoms with Gasteiger partial charge < -0.3 is 11.7 Å². The van der Waals surface area contributed by atoms with Gasteiger partial charge in [0.15, 0.2) is 11.6 Å². The molecular formula is C18H16N8S2. The zero-order valence-corrected chi connectivity index (χ0v) is 16.3. The van der Waals surface area contributed by atoms with Crippen molar-refractivity contribution in [3.63, 3.8) is 0 Å². The number of hydrogen-bond donors (Lipinski definition) is 2. The molecule has 2 aromatic carbocycles. The second-order valence-electron chi connectivity index (χ2n) is 6.28. The summed E-state index contributed by atoms with van der Waals surface area (Å²) in [6.07, 6.45) is 0. The predicted molar refractivity (Wildman–Crippen MR) is 110 cm³/mol. The van der Waals surface area contributed by atoms with Gasteiger partial charge in [-0.05, 0) is 17.2 Å². The molecule has 6 bridgehead atoms. The van der Waals surface area contributed by atoms with Crippen molar-refractivity contribution in [3.8, 4) is 22.8 Å². The largest absolute Gasteiger partial charge is 0.335 e. The second-order valence-corrected chi connectivity index (χ2v) is 8.16. The molecule has 28 heavy (non-hydrogen) atoms. The predicted octanol–water partition coefficient (Wildman–Crippen LogP) is 2.53. The quantitative estimate of drug-likeness (QED) is 0.427. The van der Waals surface area contributed by atoms with E-state index in [9.17, 15) is 0 Å². The molecule has 0 radical (unpaired) electrons. The molecule has 2 aromatic heterocycles.